The lowest BCUT2D eigenvalue weighted by Gasteiger charge is -2.30. The highest BCUT2D eigenvalue weighted by Crippen LogP contribution is 2.29. The van der Waals surface area contributed by atoms with Crippen molar-refractivity contribution < 1.29 is 9.59 Å². The SMILES string of the molecule is CC(C)C(C)CCC(Cc1ccccc1)NC(=O)C1CCC(CNC(=O)CCl)CC1. The Labute approximate surface area is 187 Å². The fourth-order valence-electron chi connectivity index (χ4n) is 4.17. The predicted molar refractivity (Wildman–Crippen MR) is 124 cm³/mol. The number of halogens is 1. The Balaban J connectivity index is 1.86. The first-order valence-electron chi connectivity index (χ1n) is 11.6. The summed E-state index contributed by atoms with van der Waals surface area (Å²) in [6.07, 6.45) is 6.78. The van der Waals surface area contributed by atoms with Crippen molar-refractivity contribution >= 4 is 23.4 Å². The highest BCUT2D eigenvalue weighted by atomic mass is 35.5. The van der Waals surface area contributed by atoms with Crippen LogP contribution in [0, 0.1) is 23.7 Å². The van der Waals surface area contributed by atoms with E-state index < -0.39 is 0 Å². The minimum Gasteiger partial charge on any atom is -0.355 e. The summed E-state index contributed by atoms with van der Waals surface area (Å²) in [5, 5.41) is 6.25. The maximum Gasteiger partial charge on any atom is 0.234 e. The molecule has 2 unspecified atom stereocenters. The molecule has 1 fully saturated rings. The lowest BCUT2D eigenvalue weighted by atomic mass is 9.81. The molecule has 1 aliphatic rings. The predicted octanol–water partition coefficient (Wildman–Crippen LogP) is 4.95. The molecule has 1 saturated carbocycles. The molecule has 0 aromatic heterocycles. The lowest BCUT2D eigenvalue weighted by molar-refractivity contribution is -0.127. The van der Waals surface area contributed by atoms with Crippen LogP contribution in [-0.4, -0.2) is 30.3 Å². The second-order valence-electron chi connectivity index (χ2n) is 9.35. The van der Waals surface area contributed by atoms with Gasteiger partial charge in [0.1, 0.15) is 5.88 Å². The average Bonchev–Trinajstić information content (AvgIpc) is 2.76. The van der Waals surface area contributed by atoms with Gasteiger partial charge in [0.05, 0.1) is 0 Å². The van der Waals surface area contributed by atoms with Gasteiger partial charge in [-0.05, 0) is 68.3 Å². The van der Waals surface area contributed by atoms with Crippen LogP contribution in [0.2, 0.25) is 0 Å². The zero-order valence-electron chi connectivity index (χ0n) is 18.8. The van der Waals surface area contributed by atoms with E-state index in [0.717, 1.165) is 44.9 Å². The second-order valence-corrected chi connectivity index (χ2v) is 9.62. The third-order valence-corrected chi connectivity index (χ3v) is 6.95. The van der Waals surface area contributed by atoms with Crippen molar-refractivity contribution in [2.75, 3.05) is 12.4 Å². The molecule has 5 heteroatoms. The summed E-state index contributed by atoms with van der Waals surface area (Å²) in [6, 6.07) is 10.6. The van der Waals surface area contributed by atoms with Crippen molar-refractivity contribution in [3.05, 3.63) is 35.9 Å². The van der Waals surface area contributed by atoms with Crippen LogP contribution in [0.5, 0.6) is 0 Å². The molecule has 2 atom stereocenters. The lowest BCUT2D eigenvalue weighted by Crippen LogP contribution is -2.42. The Morgan fingerprint density at radius 2 is 1.70 bits per heavy atom. The van der Waals surface area contributed by atoms with Crippen LogP contribution < -0.4 is 10.6 Å². The fraction of sp³-hybridized carbons (Fsp3) is 0.680. The fourth-order valence-corrected chi connectivity index (χ4v) is 4.27. The Hall–Kier alpha value is -1.55. The molecular weight excluding hydrogens is 396 g/mol. The van der Waals surface area contributed by atoms with E-state index in [1.807, 2.05) is 6.07 Å². The zero-order chi connectivity index (χ0) is 21.9. The van der Waals surface area contributed by atoms with Crippen molar-refractivity contribution in [1.82, 2.24) is 10.6 Å². The minimum atomic E-state index is -0.115. The van der Waals surface area contributed by atoms with E-state index in [-0.39, 0.29) is 29.7 Å². The smallest absolute Gasteiger partial charge is 0.234 e. The number of carbonyl (C=O) groups is 2. The molecule has 168 valence electrons. The van der Waals surface area contributed by atoms with Crippen molar-refractivity contribution in [2.24, 2.45) is 23.7 Å². The van der Waals surface area contributed by atoms with Gasteiger partial charge in [0, 0.05) is 18.5 Å². The quantitative estimate of drug-likeness (QED) is 0.484. The van der Waals surface area contributed by atoms with Crippen LogP contribution in [0.4, 0.5) is 0 Å². The van der Waals surface area contributed by atoms with E-state index >= 15 is 0 Å². The summed E-state index contributed by atoms with van der Waals surface area (Å²) in [6.45, 7) is 7.51. The monoisotopic (exact) mass is 434 g/mol. The number of nitrogens with one attached hydrogen (secondary N) is 2. The van der Waals surface area contributed by atoms with Crippen LogP contribution >= 0.6 is 11.6 Å². The van der Waals surface area contributed by atoms with E-state index in [1.54, 1.807) is 0 Å². The Bertz CT molecular complexity index is 642. The molecule has 4 nitrogen and oxygen atoms in total. The van der Waals surface area contributed by atoms with Gasteiger partial charge in [0.15, 0.2) is 0 Å². The van der Waals surface area contributed by atoms with Gasteiger partial charge in [-0.2, -0.15) is 0 Å². The average molecular weight is 435 g/mol. The molecule has 0 saturated heterocycles. The zero-order valence-corrected chi connectivity index (χ0v) is 19.6. The van der Waals surface area contributed by atoms with Gasteiger partial charge in [-0.15, -0.1) is 11.6 Å². The molecule has 0 heterocycles. The molecule has 1 aromatic rings. The molecule has 2 amide bonds. The number of rotatable bonds is 11. The number of alkyl halides is 1. The number of hydrogen-bond donors (Lipinski definition) is 2. The largest absolute Gasteiger partial charge is 0.355 e. The van der Waals surface area contributed by atoms with Gasteiger partial charge in [-0.3, -0.25) is 9.59 Å². The summed E-state index contributed by atoms with van der Waals surface area (Å²) in [5.41, 5.74) is 1.28. The molecule has 0 aliphatic heterocycles. The molecule has 0 radical (unpaired) electrons. The summed E-state index contributed by atoms with van der Waals surface area (Å²) >= 11 is 5.54. The Morgan fingerprint density at radius 1 is 1.03 bits per heavy atom. The first-order chi connectivity index (χ1) is 14.4. The van der Waals surface area contributed by atoms with Gasteiger partial charge in [0.2, 0.25) is 11.8 Å². The van der Waals surface area contributed by atoms with Gasteiger partial charge in [-0.1, -0.05) is 51.1 Å². The van der Waals surface area contributed by atoms with Crippen LogP contribution in [-0.2, 0) is 16.0 Å². The molecule has 0 bridgehead atoms. The van der Waals surface area contributed by atoms with Crippen LogP contribution in [0.3, 0.4) is 0 Å². The number of amides is 2. The van der Waals surface area contributed by atoms with Crippen LogP contribution in [0.15, 0.2) is 30.3 Å². The molecule has 30 heavy (non-hydrogen) atoms. The number of hydrogen-bond acceptors (Lipinski definition) is 2. The molecule has 2 rings (SSSR count). The summed E-state index contributed by atoms with van der Waals surface area (Å²) in [7, 11) is 0. The van der Waals surface area contributed by atoms with Gasteiger partial charge >= 0.3 is 0 Å². The van der Waals surface area contributed by atoms with Gasteiger partial charge in [-0.25, -0.2) is 0 Å². The van der Waals surface area contributed by atoms with Crippen molar-refractivity contribution in [1.29, 1.82) is 0 Å². The van der Waals surface area contributed by atoms with E-state index in [9.17, 15) is 9.59 Å². The Morgan fingerprint density at radius 3 is 2.30 bits per heavy atom. The first kappa shape index (κ1) is 24.7. The Kier molecular flexibility index (Phi) is 10.7. The molecule has 2 N–H and O–H groups in total. The maximum atomic E-state index is 13.0. The van der Waals surface area contributed by atoms with E-state index in [0.29, 0.717) is 24.3 Å². The standard InChI is InChI=1S/C25H39ClN2O2/c1-18(2)19(3)9-14-23(15-20-7-5-4-6-8-20)28-25(30)22-12-10-21(11-13-22)17-27-24(29)16-26/h4-8,18-19,21-23H,9-17H2,1-3H3,(H,27,29)(H,28,30). The topological polar surface area (TPSA) is 58.2 Å². The summed E-state index contributed by atoms with van der Waals surface area (Å²) in [4.78, 5) is 24.3. The van der Waals surface area contributed by atoms with Crippen LogP contribution in [0.1, 0.15) is 64.9 Å². The molecule has 1 aromatic carbocycles. The highest BCUT2D eigenvalue weighted by molar-refractivity contribution is 6.27. The van der Waals surface area contributed by atoms with Gasteiger partial charge < -0.3 is 10.6 Å². The maximum absolute atomic E-state index is 13.0. The summed E-state index contributed by atoms with van der Waals surface area (Å²) < 4.78 is 0. The summed E-state index contributed by atoms with van der Waals surface area (Å²) in [5.74, 6) is 1.95. The number of benzene rings is 1. The molecular formula is C25H39ClN2O2. The van der Waals surface area contributed by atoms with Gasteiger partial charge in [0.25, 0.3) is 0 Å². The highest BCUT2D eigenvalue weighted by Gasteiger charge is 2.28. The number of carbonyl (C=O) groups excluding carboxylic acids is 2. The third kappa shape index (κ3) is 8.67. The first-order valence-corrected chi connectivity index (χ1v) is 12.1. The molecule has 0 spiro atoms. The van der Waals surface area contributed by atoms with E-state index in [4.69, 9.17) is 11.6 Å². The van der Waals surface area contributed by atoms with Crippen molar-refractivity contribution in [3.8, 4) is 0 Å². The molecule has 1 aliphatic carbocycles. The third-order valence-electron chi connectivity index (χ3n) is 6.71. The van der Waals surface area contributed by atoms with E-state index in [1.165, 1.54) is 5.56 Å². The second kappa shape index (κ2) is 13.0. The van der Waals surface area contributed by atoms with E-state index in [2.05, 4.69) is 55.7 Å². The van der Waals surface area contributed by atoms with Crippen LogP contribution in [0.25, 0.3) is 0 Å². The van der Waals surface area contributed by atoms with Crippen molar-refractivity contribution in [3.63, 3.8) is 0 Å². The van der Waals surface area contributed by atoms with Crippen molar-refractivity contribution in [2.45, 2.75) is 71.8 Å². The normalized spacial score (nSPS) is 21.1. The minimum absolute atomic E-state index is 0.00990.